The average molecular weight is 247 g/mol. The number of aliphatic hydroxyl groups excluding tert-OH is 1. The van der Waals surface area contributed by atoms with E-state index in [1.807, 2.05) is 0 Å². The highest BCUT2D eigenvalue weighted by molar-refractivity contribution is 5.86. The van der Waals surface area contributed by atoms with Crippen LogP contribution in [0.25, 0.3) is 0 Å². The molecular formula is C15H21NO2. The fourth-order valence-corrected chi connectivity index (χ4v) is 6.48. The van der Waals surface area contributed by atoms with Gasteiger partial charge in [0.15, 0.2) is 0 Å². The summed E-state index contributed by atoms with van der Waals surface area (Å²) in [4.78, 5) is 14.9. The fourth-order valence-electron chi connectivity index (χ4n) is 6.48. The SMILES string of the molecule is O=C1C2CC3CC24C3C(O)C4N1C1CCCCC1. The van der Waals surface area contributed by atoms with Gasteiger partial charge in [0, 0.05) is 17.4 Å². The normalized spacial score (nSPS) is 57.3. The Hall–Kier alpha value is -0.570. The molecule has 98 valence electrons. The first-order valence-corrected chi connectivity index (χ1v) is 7.75. The van der Waals surface area contributed by atoms with E-state index in [9.17, 15) is 9.90 Å². The number of nitrogens with zero attached hydrogens (tertiary/aromatic N) is 1. The Balaban J connectivity index is 1.52. The summed E-state index contributed by atoms with van der Waals surface area (Å²) >= 11 is 0. The van der Waals surface area contributed by atoms with Crippen LogP contribution in [0.2, 0.25) is 0 Å². The Kier molecular flexibility index (Phi) is 1.68. The molecule has 0 radical (unpaired) electrons. The molecule has 1 aliphatic heterocycles. The van der Waals surface area contributed by atoms with Crippen molar-refractivity contribution in [3.63, 3.8) is 0 Å². The smallest absolute Gasteiger partial charge is 0.226 e. The molecule has 6 fully saturated rings. The van der Waals surface area contributed by atoms with Gasteiger partial charge in [-0.25, -0.2) is 0 Å². The summed E-state index contributed by atoms with van der Waals surface area (Å²) < 4.78 is 0. The molecule has 18 heavy (non-hydrogen) atoms. The van der Waals surface area contributed by atoms with Crippen LogP contribution in [0.3, 0.4) is 0 Å². The molecule has 3 nitrogen and oxygen atoms in total. The lowest BCUT2D eigenvalue weighted by molar-refractivity contribution is -0.228. The minimum Gasteiger partial charge on any atom is -0.391 e. The summed E-state index contributed by atoms with van der Waals surface area (Å²) in [6, 6.07) is 0.660. The maximum Gasteiger partial charge on any atom is 0.226 e. The third-order valence-corrected chi connectivity index (χ3v) is 6.99. The van der Waals surface area contributed by atoms with Gasteiger partial charge in [-0.15, -0.1) is 0 Å². The number of carbonyl (C=O) groups excluding carboxylic acids is 1. The van der Waals surface area contributed by atoms with E-state index in [2.05, 4.69) is 4.90 Å². The van der Waals surface area contributed by atoms with Crippen LogP contribution in [0, 0.1) is 23.2 Å². The quantitative estimate of drug-likeness (QED) is 0.763. The number of likely N-dealkylation sites (tertiary alicyclic amines) is 1. The summed E-state index contributed by atoms with van der Waals surface area (Å²) in [5.74, 6) is 1.88. The van der Waals surface area contributed by atoms with E-state index < -0.39 is 0 Å². The molecule has 1 N–H and O–H groups in total. The standard InChI is InChI=1S/C15H21NO2/c17-12-11-8-6-10-14(18)16(9-4-2-1-3-5-9)13(12)15(10,11)7-8/h8-13,17H,1-7H2. The second-order valence-corrected chi connectivity index (χ2v) is 7.36. The van der Waals surface area contributed by atoms with Crippen molar-refractivity contribution in [3.05, 3.63) is 0 Å². The summed E-state index contributed by atoms with van der Waals surface area (Å²) in [5, 5.41) is 10.4. The van der Waals surface area contributed by atoms with E-state index in [1.54, 1.807) is 0 Å². The van der Waals surface area contributed by atoms with E-state index in [4.69, 9.17) is 0 Å². The molecule has 1 amide bonds. The highest BCUT2D eigenvalue weighted by Gasteiger charge is 2.84. The molecule has 6 atom stereocenters. The van der Waals surface area contributed by atoms with Gasteiger partial charge in [0.05, 0.1) is 12.1 Å². The monoisotopic (exact) mass is 247 g/mol. The van der Waals surface area contributed by atoms with E-state index in [0.717, 1.165) is 6.42 Å². The zero-order chi connectivity index (χ0) is 12.1. The van der Waals surface area contributed by atoms with E-state index in [1.165, 1.54) is 38.5 Å². The van der Waals surface area contributed by atoms with Crippen LogP contribution in [0.4, 0.5) is 0 Å². The average Bonchev–Trinajstić information content (AvgIpc) is 2.94. The zero-order valence-corrected chi connectivity index (χ0v) is 10.7. The summed E-state index contributed by atoms with van der Waals surface area (Å²) in [6.07, 6.45) is 8.33. The topological polar surface area (TPSA) is 40.5 Å². The van der Waals surface area contributed by atoms with Crippen molar-refractivity contribution in [1.29, 1.82) is 0 Å². The first kappa shape index (κ1) is 10.2. The Morgan fingerprint density at radius 3 is 2.78 bits per heavy atom. The van der Waals surface area contributed by atoms with Gasteiger partial charge in [-0.05, 0) is 37.5 Å². The van der Waals surface area contributed by atoms with Crippen LogP contribution in [-0.2, 0) is 4.79 Å². The molecule has 6 aliphatic rings. The fraction of sp³-hybridized carbons (Fsp3) is 0.933. The van der Waals surface area contributed by atoms with Crippen molar-refractivity contribution in [2.24, 2.45) is 23.2 Å². The largest absolute Gasteiger partial charge is 0.391 e. The number of rotatable bonds is 1. The maximum absolute atomic E-state index is 12.7. The van der Waals surface area contributed by atoms with E-state index in [0.29, 0.717) is 29.7 Å². The van der Waals surface area contributed by atoms with Crippen LogP contribution >= 0.6 is 0 Å². The molecule has 2 bridgehead atoms. The molecule has 3 heteroatoms. The molecular weight excluding hydrogens is 226 g/mol. The number of hydrogen-bond donors (Lipinski definition) is 1. The third-order valence-electron chi connectivity index (χ3n) is 6.99. The van der Waals surface area contributed by atoms with E-state index >= 15 is 0 Å². The third kappa shape index (κ3) is 0.824. The predicted octanol–water partition coefficient (Wildman–Crippen LogP) is 1.55. The molecule has 0 aromatic carbocycles. The first-order chi connectivity index (χ1) is 8.75. The second kappa shape index (κ2) is 2.95. The Morgan fingerprint density at radius 2 is 2.00 bits per heavy atom. The number of hydrogen-bond acceptors (Lipinski definition) is 2. The van der Waals surface area contributed by atoms with Gasteiger partial charge >= 0.3 is 0 Å². The van der Waals surface area contributed by atoms with Crippen molar-refractivity contribution < 1.29 is 9.90 Å². The Bertz CT molecular complexity index is 430. The van der Waals surface area contributed by atoms with Crippen molar-refractivity contribution in [2.75, 3.05) is 0 Å². The van der Waals surface area contributed by atoms with Crippen LogP contribution in [-0.4, -0.2) is 34.1 Å². The minimum absolute atomic E-state index is 0.192. The molecule has 0 aromatic heterocycles. The number of amides is 1. The molecule has 5 saturated carbocycles. The first-order valence-electron chi connectivity index (χ1n) is 7.75. The van der Waals surface area contributed by atoms with Crippen molar-refractivity contribution in [1.82, 2.24) is 4.90 Å². The highest BCUT2D eigenvalue weighted by atomic mass is 16.3. The lowest BCUT2D eigenvalue weighted by atomic mass is 9.43. The molecule has 1 spiro atoms. The van der Waals surface area contributed by atoms with Gasteiger partial charge in [0.2, 0.25) is 5.91 Å². The number of aliphatic hydroxyl groups is 1. The van der Waals surface area contributed by atoms with Crippen molar-refractivity contribution >= 4 is 5.91 Å². The molecule has 6 rings (SSSR count). The summed E-state index contributed by atoms with van der Waals surface area (Å²) in [7, 11) is 0. The minimum atomic E-state index is -0.192. The molecule has 1 saturated heterocycles. The lowest BCUT2D eigenvalue weighted by Gasteiger charge is -2.65. The van der Waals surface area contributed by atoms with Gasteiger partial charge in [0.1, 0.15) is 0 Å². The van der Waals surface area contributed by atoms with Crippen LogP contribution < -0.4 is 0 Å². The van der Waals surface area contributed by atoms with Gasteiger partial charge in [-0.3, -0.25) is 4.79 Å². The second-order valence-electron chi connectivity index (χ2n) is 7.36. The Morgan fingerprint density at radius 1 is 1.22 bits per heavy atom. The van der Waals surface area contributed by atoms with Crippen molar-refractivity contribution in [2.45, 2.75) is 63.1 Å². The van der Waals surface area contributed by atoms with Gasteiger partial charge < -0.3 is 10.0 Å². The van der Waals surface area contributed by atoms with Gasteiger partial charge in [-0.2, -0.15) is 0 Å². The zero-order valence-electron chi connectivity index (χ0n) is 10.7. The maximum atomic E-state index is 12.7. The molecule has 6 unspecified atom stereocenters. The summed E-state index contributed by atoms with van der Waals surface area (Å²) in [6.45, 7) is 0. The van der Waals surface area contributed by atoms with E-state index in [-0.39, 0.29) is 17.6 Å². The highest BCUT2D eigenvalue weighted by Crippen LogP contribution is 2.79. The van der Waals surface area contributed by atoms with Crippen molar-refractivity contribution in [3.8, 4) is 0 Å². The molecule has 1 heterocycles. The predicted molar refractivity (Wildman–Crippen MR) is 65.7 cm³/mol. The van der Waals surface area contributed by atoms with Crippen LogP contribution in [0.5, 0.6) is 0 Å². The molecule has 5 aliphatic carbocycles. The Labute approximate surface area is 108 Å². The number of carbonyl (C=O) groups is 1. The van der Waals surface area contributed by atoms with Crippen LogP contribution in [0.15, 0.2) is 0 Å². The lowest BCUT2D eigenvalue weighted by Crippen LogP contribution is -2.73. The summed E-state index contributed by atoms with van der Waals surface area (Å²) in [5.41, 5.74) is 0.249. The van der Waals surface area contributed by atoms with Gasteiger partial charge in [-0.1, -0.05) is 19.3 Å². The van der Waals surface area contributed by atoms with Gasteiger partial charge in [0.25, 0.3) is 0 Å². The van der Waals surface area contributed by atoms with Crippen LogP contribution in [0.1, 0.15) is 44.9 Å². The molecule has 0 aromatic rings.